The summed E-state index contributed by atoms with van der Waals surface area (Å²) in [6.07, 6.45) is 5.64. The molecule has 0 aromatic heterocycles. The van der Waals surface area contributed by atoms with Crippen molar-refractivity contribution in [1.82, 2.24) is 10.2 Å². The van der Waals surface area contributed by atoms with Crippen LogP contribution in [-0.4, -0.2) is 43.2 Å². The van der Waals surface area contributed by atoms with Gasteiger partial charge in [-0.3, -0.25) is 9.69 Å². The predicted molar refractivity (Wildman–Crippen MR) is 143 cm³/mol. The average molecular weight is 484 g/mol. The van der Waals surface area contributed by atoms with Crippen molar-refractivity contribution in [3.05, 3.63) is 90.0 Å². The normalized spacial score (nSPS) is 17.5. The summed E-state index contributed by atoms with van der Waals surface area (Å²) in [5.74, 6) is 2.32. The van der Waals surface area contributed by atoms with Gasteiger partial charge in [-0.25, -0.2) is 0 Å². The molecule has 2 aliphatic rings. The van der Waals surface area contributed by atoms with Crippen molar-refractivity contribution in [2.45, 2.75) is 31.8 Å². The molecule has 0 aliphatic carbocycles. The molecule has 1 spiro atoms. The number of anilines is 1. The molecule has 6 nitrogen and oxygen atoms in total. The Balaban J connectivity index is 1.25. The number of ether oxygens (including phenoxy) is 2. The van der Waals surface area contributed by atoms with Crippen LogP contribution in [0.25, 0.3) is 6.08 Å². The fourth-order valence-corrected chi connectivity index (χ4v) is 5.27. The van der Waals surface area contributed by atoms with Crippen LogP contribution in [0.3, 0.4) is 0 Å². The number of piperidine rings is 1. The van der Waals surface area contributed by atoms with Crippen LogP contribution in [0.4, 0.5) is 5.69 Å². The standard InChI is InChI=1S/C30H33N3O3/c1-3-8-23-13-14-27(28(20-23)35-2)36-26-12-7-9-24(19-26)21-32-17-15-30(16-18-32)29(34)31-22-33(30)25-10-5-4-6-11-25/h3-14,19-20H,15-18,21-22H2,1-2H3,(H,31,34)/b8-3-. The maximum atomic E-state index is 12.9. The van der Waals surface area contributed by atoms with Gasteiger partial charge in [0.15, 0.2) is 11.5 Å². The lowest BCUT2D eigenvalue weighted by molar-refractivity contribution is -0.125. The third-order valence-electron chi connectivity index (χ3n) is 7.17. The first-order valence-electron chi connectivity index (χ1n) is 12.5. The number of nitrogens with zero attached hydrogens (tertiary/aromatic N) is 2. The van der Waals surface area contributed by atoms with Crippen LogP contribution in [0.15, 0.2) is 78.9 Å². The highest BCUT2D eigenvalue weighted by Crippen LogP contribution is 2.37. The number of methoxy groups -OCH3 is 1. The van der Waals surface area contributed by atoms with E-state index < -0.39 is 5.54 Å². The van der Waals surface area contributed by atoms with E-state index in [9.17, 15) is 4.79 Å². The summed E-state index contributed by atoms with van der Waals surface area (Å²) >= 11 is 0. The van der Waals surface area contributed by atoms with Crippen LogP contribution in [0.1, 0.15) is 30.9 Å². The minimum Gasteiger partial charge on any atom is -0.493 e. The van der Waals surface area contributed by atoms with Crippen molar-refractivity contribution in [2.24, 2.45) is 0 Å². The van der Waals surface area contributed by atoms with E-state index in [2.05, 4.69) is 39.4 Å². The molecule has 0 radical (unpaired) electrons. The van der Waals surface area contributed by atoms with Gasteiger partial charge in [0.2, 0.25) is 5.91 Å². The lowest BCUT2D eigenvalue weighted by Crippen LogP contribution is -2.56. The number of benzene rings is 3. The van der Waals surface area contributed by atoms with Gasteiger partial charge in [-0.05, 0) is 67.3 Å². The number of likely N-dealkylation sites (tertiary alicyclic amines) is 1. The number of allylic oxidation sites excluding steroid dienone is 1. The third-order valence-corrected chi connectivity index (χ3v) is 7.17. The number of hydrogen-bond donors (Lipinski definition) is 1. The smallest absolute Gasteiger partial charge is 0.247 e. The van der Waals surface area contributed by atoms with E-state index in [0.29, 0.717) is 18.2 Å². The first kappa shape index (κ1) is 23.9. The molecule has 2 saturated heterocycles. The van der Waals surface area contributed by atoms with E-state index in [1.165, 1.54) is 5.56 Å². The van der Waals surface area contributed by atoms with Gasteiger partial charge in [-0.2, -0.15) is 0 Å². The number of nitrogens with one attached hydrogen (secondary N) is 1. The molecule has 1 N–H and O–H groups in total. The predicted octanol–water partition coefficient (Wildman–Crippen LogP) is 5.45. The van der Waals surface area contributed by atoms with Crippen LogP contribution >= 0.6 is 0 Å². The monoisotopic (exact) mass is 483 g/mol. The van der Waals surface area contributed by atoms with E-state index in [1.807, 2.05) is 67.6 Å². The molecule has 2 fully saturated rings. The zero-order chi connectivity index (χ0) is 25.0. The molecular formula is C30H33N3O3. The first-order chi connectivity index (χ1) is 17.6. The molecule has 6 heteroatoms. The molecule has 186 valence electrons. The molecule has 0 bridgehead atoms. The summed E-state index contributed by atoms with van der Waals surface area (Å²) in [5, 5.41) is 3.08. The Hall–Kier alpha value is -3.77. The van der Waals surface area contributed by atoms with Crippen LogP contribution in [0.5, 0.6) is 17.2 Å². The Morgan fingerprint density at radius 1 is 0.972 bits per heavy atom. The summed E-state index contributed by atoms with van der Waals surface area (Å²) < 4.78 is 11.7. The van der Waals surface area contributed by atoms with Crippen molar-refractivity contribution in [3.63, 3.8) is 0 Å². The largest absolute Gasteiger partial charge is 0.493 e. The summed E-state index contributed by atoms with van der Waals surface area (Å²) in [4.78, 5) is 17.6. The topological polar surface area (TPSA) is 54.0 Å². The lowest BCUT2D eigenvalue weighted by atomic mass is 9.85. The Morgan fingerprint density at radius 3 is 2.53 bits per heavy atom. The SMILES string of the molecule is C/C=C\c1ccc(Oc2cccc(CN3CCC4(CC3)C(=O)NCN4c3ccccc3)c2)c(OC)c1. The van der Waals surface area contributed by atoms with Crippen LogP contribution in [-0.2, 0) is 11.3 Å². The van der Waals surface area contributed by atoms with Gasteiger partial charge in [0.05, 0.1) is 13.8 Å². The van der Waals surface area contributed by atoms with Gasteiger partial charge in [-0.1, -0.05) is 48.6 Å². The lowest BCUT2D eigenvalue weighted by Gasteiger charge is -2.43. The summed E-state index contributed by atoms with van der Waals surface area (Å²) in [6.45, 7) is 5.11. The molecule has 5 rings (SSSR count). The average Bonchev–Trinajstić information content (AvgIpc) is 3.22. The fourth-order valence-electron chi connectivity index (χ4n) is 5.27. The van der Waals surface area contributed by atoms with E-state index in [-0.39, 0.29) is 5.91 Å². The minimum absolute atomic E-state index is 0.149. The molecular weight excluding hydrogens is 450 g/mol. The number of hydrogen-bond acceptors (Lipinski definition) is 5. The van der Waals surface area contributed by atoms with Crippen molar-refractivity contribution in [3.8, 4) is 17.2 Å². The van der Waals surface area contributed by atoms with Crippen molar-refractivity contribution in [1.29, 1.82) is 0 Å². The summed E-state index contributed by atoms with van der Waals surface area (Å²) in [5.41, 5.74) is 2.89. The highest BCUT2D eigenvalue weighted by atomic mass is 16.5. The van der Waals surface area contributed by atoms with E-state index in [1.54, 1.807) is 7.11 Å². The second-order valence-corrected chi connectivity index (χ2v) is 9.40. The van der Waals surface area contributed by atoms with E-state index >= 15 is 0 Å². The second-order valence-electron chi connectivity index (χ2n) is 9.40. The van der Waals surface area contributed by atoms with Crippen molar-refractivity contribution in [2.75, 3.05) is 31.8 Å². The van der Waals surface area contributed by atoms with E-state index in [0.717, 1.165) is 49.5 Å². The number of para-hydroxylation sites is 1. The second kappa shape index (κ2) is 10.5. The van der Waals surface area contributed by atoms with E-state index in [4.69, 9.17) is 9.47 Å². The molecule has 3 aromatic rings. The maximum Gasteiger partial charge on any atom is 0.247 e. The molecule has 0 atom stereocenters. The zero-order valence-corrected chi connectivity index (χ0v) is 20.9. The Kier molecular flexibility index (Phi) is 6.96. The van der Waals surface area contributed by atoms with Crippen molar-refractivity contribution >= 4 is 17.7 Å². The number of amides is 1. The number of carbonyl (C=O) groups is 1. The highest BCUT2D eigenvalue weighted by molar-refractivity contribution is 5.93. The number of rotatable bonds is 7. The molecule has 1 amide bonds. The molecule has 0 saturated carbocycles. The quantitative estimate of drug-likeness (QED) is 0.484. The van der Waals surface area contributed by atoms with Crippen molar-refractivity contribution < 1.29 is 14.3 Å². The molecule has 2 aliphatic heterocycles. The Labute approximate surface area is 213 Å². The van der Waals surface area contributed by atoms with Gasteiger partial charge < -0.3 is 19.7 Å². The van der Waals surface area contributed by atoms with Gasteiger partial charge in [-0.15, -0.1) is 0 Å². The molecule has 36 heavy (non-hydrogen) atoms. The number of carbonyl (C=O) groups excluding carboxylic acids is 1. The summed E-state index contributed by atoms with van der Waals surface area (Å²) in [6, 6.07) is 24.4. The first-order valence-corrected chi connectivity index (χ1v) is 12.5. The molecule has 2 heterocycles. The highest BCUT2D eigenvalue weighted by Gasteiger charge is 2.50. The Morgan fingerprint density at radius 2 is 1.78 bits per heavy atom. The maximum absolute atomic E-state index is 12.9. The third kappa shape index (κ3) is 4.82. The summed E-state index contributed by atoms with van der Waals surface area (Å²) in [7, 11) is 1.66. The van der Waals surface area contributed by atoms with Crippen LogP contribution in [0, 0.1) is 0 Å². The fraction of sp³-hybridized carbons (Fsp3) is 0.300. The Bertz CT molecular complexity index is 1230. The zero-order valence-electron chi connectivity index (χ0n) is 20.9. The minimum atomic E-state index is -0.460. The van der Waals surface area contributed by atoms with Gasteiger partial charge >= 0.3 is 0 Å². The van der Waals surface area contributed by atoms with Crippen LogP contribution < -0.4 is 19.7 Å². The van der Waals surface area contributed by atoms with Gasteiger partial charge in [0.1, 0.15) is 11.3 Å². The molecule has 0 unspecified atom stereocenters. The molecule has 3 aromatic carbocycles. The van der Waals surface area contributed by atoms with Crippen LogP contribution in [0.2, 0.25) is 0 Å². The van der Waals surface area contributed by atoms with Gasteiger partial charge in [0.25, 0.3) is 0 Å². The van der Waals surface area contributed by atoms with Gasteiger partial charge in [0, 0.05) is 25.3 Å².